The number of pyridine rings is 1. The van der Waals surface area contributed by atoms with Crippen molar-refractivity contribution in [1.82, 2.24) is 10.3 Å². The number of aromatic amines is 1. The molecule has 0 radical (unpaired) electrons. The molecule has 186 valence electrons. The minimum atomic E-state index is -0.673. The Hall–Kier alpha value is -2.63. The first-order valence-corrected chi connectivity index (χ1v) is 13.4. The predicted molar refractivity (Wildman–Crippen MR) is 141 cm³/mol. The normalized spacial score (nSPS) is 17.2. The number of hydrogen-bond donors (Lipinski definition) is 3. The number of fused-ring (bicyclic) bond motifs is 2. The lowest BCUT2D eigenvalue weighted by Gasteiger charge is -2.19. The van der Waals surface area contributed by atoms with Gasteiger partial charge in [0.05, 0.1) is 18.2 Å². The minimum Gasteiger partial charge on any atom is -0.491 e. The number of hydrogen-bond acceptors (Lipinski definition) is 4. The quantitative estimate of drug-likeness (QED) is 0.407. The largest absolute Gasteiger partial charge is 0.491 e. The Kier molecular flexibility index (Phi) is 7.26. The van der Waals surface area contributed by atoms with E-state index in [1.807, 2.05) is 12.1 Å². The summed E-state index contributed by atoms with van der Waals surface area (Å²) >= 11 is 0. The van der Waals surface area contributed by atoms with Crippen molar-refractivity contribution in [2.24, 2.45) is 5.92 Å². The fraction of sp³-hybridized carbons (Fsp3) is 0.500. The highest BCUT2D eigenvalue weighted by Crippen LogP contribution is 2.32. The molecule has 5 nitrogen and oxygen atoms in total. The molecular formula is C30H38N2O3. The van der Waals surface area contributed by atoms with Crippen molar-refractivity contribution >= 4 is 10.9 Å². The molecule has 3 N–H and O–H groups in total. The Morgan fingerprint density at radius 3 is 2.37 bits per heavy atom. The van der Waals surface area contributed by atoms with Crippen molar-refractivity contribution in [1.29, 1.82) is 0 Å². The first-order valence-electron chi connectivity index (χ1n) is 13.4. The molecule has 0 amide bonds. The molecule has 5 rings (SSSR count). The maximum absolute atomic E-state index is 12.1. The molecule has 0 saturated heterocycles. The third kappa shape index (κ3) is 5.17. The topological polar surface area (TPSA) is 74.3 Å². The average Bonchev–Trinajstić information content (AvgIpc) is 3.54. The first-order chi connectivity index (χ1) is 17.1. The van der Waals surface area contributed by atoms with Gasteiger partial charge >= 0.3 is 0 Å². The van der Waals surface area contributed by atoms with Gasteiger partial charge in [-0.15, -0.1) is 0 Å². The highest BCUT2D eigenvalue weighted by Gasteiger charge is 2.24. The summed E-state index contributed by atoms with van der Waals surface area (Å²) in [6.07, 6.45) is 8.44. The van der Waals surface area contributed by atoms with Gasteiger partial charge in [0.15, 0.2) is 0 Å². The summed E-state index contributed by atoms with van der Waals surface area (Å²) in [7, 11) is 0. The van der Waals surface area contributed by atoms with Crippen LogP contribution in [0.15, 0.2) is 41.2 Å². The van der Waals surface area contributed by atoms with Crippen LogP contribution in [0.1, 0.15) is 73.5 Å². The Morgan fingerprint density at radius 2 is 1.71 bits per heavy atom. The fourth-order valence-corrected chi connectivity index (χ4v) is 6.01. The zero-order valence-corrected chi connectivity index (χ0v) is 21.0. The number of aryl methyl sites for hydroxylation is 2. The van der Waals surface area contributed by atoms with Gasteiger partial charge in [-0.2, -0.15) is 0 Å². The average molecular weight is 475 g/mol. The van der Waals surface area contributed by atoms with Crippen LogP contribution in [0.3, 0.4) is 0 Å². The summed E-state index contributed by atoms with van der Waals surface area (Å²) in [6, 6.07) is 12.3. The Labute approximate surface area is 207 Å². The predicted octanol–water partition coefficient (Wildman–Crippen LogP) is 5.01. The molecule has 0 aliphatic heterocycles. The molecule has 35 heavy (non-hydrogen) atoms. The van der Waals surface area contributed by atoms with E-state index in [-0.39, 0.29) is 5.56 Å². The molecule has 0 spiro atoms. The summed E-state index contributed by atoms with van der Waals surface area (Å²) < 4.78 is 6.14. The minimum absolute atomic E-state index is 0.158. The molecule has 0 bridgehead atoms. The van der Waals surface area contributed by atoms with E-state index in [0.717, 1.165) is 36.6 Å². The monoisotopic (exact) mass is 474 g/mol. The lowest BCUT2D eigenvalue weighted by Crippen LogP contribution is -2.33. The van der Waals surface area contributed by atoms with Gasteiger partial charge < -0.3 is 20.1 Å². The molecule has 1 saturated carbocycles. The van der Waals surface area contributed by atoms with Gasteiger partial charge in [0.25, 0.3) is 0 Å². The van der Waals surface area contributed by atoms with E-state index in [9.17, 15) is 9.90 Å². The second-order valence-corrected chi connectivity index (χ2v) is 10.4. The van der Waals surface area contributed by atoms with Gasteiger partial charge in [0.1, 0.15) is 5.75 Å². The fourth-order valence-electron chi connectivity index (χ4n) is 6.01. The van der Waals surface area contributed by atoms with Crippen LogP contribution in [-0.2, 0) is 25.7 Å². The van der Waals surface area contributed by atoms with Gasteiger partial charge in [-0.1, -0.05) is 44.9 Å². The molecule has 1 atom stereocenters. The van der Waals surface area contributed by atoms with E-state index in [4.69, 9.17) is 4.74 Å². The smallest absolute Gasteiger partial charge is 0.248 e. The Morgan fingerprint density at radius 1 is 1.03 bits per heavy atom. The van der Waals surface area contributed by atoms with E-state index in [1.165, 1.54) is 54.0 Å². The van der Waals surface area contributed by atoms with Crippen molar-refractivity contribution in [3.8, 4) is 5.75 Å². The second-order valence-electron chi connectivity index (χ2n) is 10.4. The number of ether oxygens (including phenoxy) is 1. The van der Waals surface area contributed by atoms with Gasteiger partial charge in [-0.05, 0) is 84.4 Å². The number of benzene rings is 2. The maximum Gasteiger partial charge on any atom is 0.248 e. The summed E-state index contributed by atoms with van der Waals surface area (Å²) in [5.41, 5.74) is 7.14. The lowest BCUT2D eigenvalue weighted by atomic mass is 9.97. The highest BCUT2D eigenvalue weighted by atomic mass is 16.5. The van der Waals surface area contributed by atoms with Crippen LogP contribution in [0.4, 0.5) is 0 Å². The summed E-state index contributed by atoms with van der Waals surface area (Å²) in [5, 5.41) is 15.6. The van der Waals surface area contributed by atoms with Crippen LogP contribution >= 0.6 is 0 Å². The maximum atomic E-state index is 12.1. The van der Waals surface area contributed by atoms with E-state index >= 15 is 0 Å². The third-order valence-corrected chi connectivity index (χ3v) is 8.02. The van der Waals surface area contributed by atoms with E-state index in [1.54, 1.807) is 6.07 Å². The van der Waals surface area contributed by atoms with Gasteiger partial charge in [0, 0.05) is 24.0 Å². The Bertz CT molecular complexity index is 1210. The third-order valence-electron chi connectivity index (χ3n) is 8.02. The van der Waals surface area contributed by atoms with Gasteiger partial charge in [-0.25, -0.2) is 0 Å². The summed E-state index contributed by atoms with van der Waals surface area (Å²) in [4.78, 5) is 15.0. The number of rotatable bonds is 9. The Balaban J connectivity index is 1.28. The molecule has 3 aromatic rings. The van der Waals surface area contributed by atoms with Crippen LogP contribution in [0, 0.1) is 5.92 Å². The molecule has 2 aromatic carbocycles. The van der Waals surface area contributed by atoms with Crippen LogP contribution in [0.25, 0.3) is 10.9 Å². The van der Waals surface area contributed by atoms with Crippen molar-refractivity contribution in [2.45, 2.75) is 77.4 Å². The molecule has 1 unspecified atom stereocenters. The van der Waals surface area contributed by atoms with Gasteiger partial charge in [0.2, 0.25) is 5.56 Å². The number of H-pyrrole nitrogens is 1. The lowest BCUT2D eigenvalue weighted by molar-refractivity contribution is 0.171. The molecule has 5 heteroatoms. The SMILES string of the molecule is CCc1cc2c(cc1CC)CC(NCC(O)c1ccc(OCC3CCCC3)c3[nH]c(=O)ccc13)C2. The number of aromatic nitrogens is 1. The van der Waals surface area contributed by atoms with E-state index in [0.29, 0.717) is 36.4 Å². The zero-order valence-electron chi connectivity index (χ0n) is 21.0. The van der Waals surface area contributed by atoms with Crippen LogP contribution < -0.4 is 15.6 Å². The van der Waals surface area contributed by atoms with Crippen molar-refractivity contribution in [2.75, 3.05) is 13.2 Å². The van der Waals surface area contributed by atoms with Gasteiger partial charge in [-0.3, -0.25) is 4.79 Å². The number of aliphatic hydroxyl groups excluding tert-OH is 1. The first kappa shape index (κ1) is 24.1. The molecule has 1 fully saturated rings. The molecule has 2 aliphatic rings. The highest BCUT2D eigenvalue weighted by molar-refractivity contribution is 5.87. The van der Waals surface area contributed by atoms with Crippen LogP contribution in [0.2, 0.25) is 0 Å². The number of nitrogens with one attached hydrogen (secondary N) is 2. The standard InChI is InChI=1S/C30H38N2O3/c1-3-20-13-22-15-24(16-23(22)14-21(20)4-2)31-17-27(33)25-9-11-28(35-18-19-7-5-6-8-19)30-26(25)10-12-29(34)32-30/h9-14,19,24,27,31,33H,3-8,15-18H2,1-2H3,(H,32,34). The van der Waals surface area contributed by atoms with Crippen LogP contribution in [-0.4, -0.2) is 29.3 Å². The molecule has 1 aromatic heterocycles. The number of aliphatic hydroxyl groups is 1. The molecule has 1 heterocycles. The van der Waals surface area contributed by atoms with E-state index in [2.05, 4.69) is 36.3 Å². The molecule has 2 aliphatic carbocycles. The van der Waals surface area contributed by atoms with Crippen molar-refractivity contribution in [3.63, 3.8) is 0 Å². The summed E-state index contributed by atoms with van der Waals surface area (Å²) in [6.45, 7) is 5.60. The molecular weight excluding hydrogens is 436 g/mol. The summed E-state index contributed by atoms with van der Waals surface area (Å²) in [5.74, 6) is 1.28. The second kappa shape index (κ2) is 10.5. The van der Waals surface area contributed by atoms with Crippen LogP contribution in [0.5, 0.6) is 5.75 Å². The van der Waals surface area contributed by atoms with Crippen molar-refractivity contribution in [3.05, 3.63) is 74.6 Å². The van der Waals surface area contributed by atoms with E-state index < -0.39 is 6.10 Å². The van der Waals surface area contributed by atoms with Crippen molar-refractivity contribution < 1.29 is 9.84 Å². The zero-order chi connectivity index (χ0) is 24.4.